The van der Waals surface area contributed by atoms with Gasteiger partial charge in [0.1, 0.15) is 17.6 Å². The van der Waals surface area contributed by atoms with E-state index in [1.165, 1.54) is 37.3 Å². The lowest BCUT2D eigenvalue weighted by Crippen LogP contribution is -2.42. The van der Waals surface area contributed by atoms with E-state index in [1.807, 2.05) is 0 Å². The second kappa shape index (κ2) is 7.78. The lowest BCUT2D eigenvalue weighted by molar-refractivity contribution is -0.148. The minimum Gasteiger partial charge on any atom is -0.467 e. The third kappa shape index (κ3) is 4.21. The lowest BCUT2D eigenvalue weighted by Gasteiger charge is -2.18. The average molecular weight is 425 g/mol. The number of carbonyl (C=O) groups excluding carboxylic acids is 3. The molecule has 3 rings (SSSR count). The van der Waals surface area contributed by atoms with E-state index < -0.39 is 34.9 Å². The number of hydrogen-bond acceptors (Lipinski definition) is 6. The van der Waals surface area contributed by atoms with E-state index in [0.717, 1.165) is 24.1 Å². The Morgan fingerprint density at radius 3 is 2.62 bits per heavy atom. The molecule has 0 aliphatic carbocycles. The summed E-state index contributed by atoms with van der Waals surface area (Å²) in [5.41, 5.74) is -0.599. The molecule has 0 spiro atoms. The summed E-state index contributed by atoms with van der Waals surface area (Å²) in [4.78, 5) is 37.0. The van der Waals surface area contributed by atoms with Crippen LogP contribution in [0.15, 0.2) is 45.7 Å². The van der Waals surface area contributed by atoms with E-state index in [-0.39, 0.29) is 22.0 Å². The van der Waals surface area contributed by atoms with Crippen molar-refractivity contribution in [2.24, 2.45) is 0 Å². The van der Waals surface area contributed by atoms with E-state index >= 15 is 0 Å². The normalized spacial score (nSPS) is 17.1. The summed E-state index contributed by atoms with van der Waals surface area (Å²) in [7, 11) is 1.14. The van der Waals surface area contributed by atoms with Gasteiger partial charge in [-0.2, -0.15) is 13.2 Å². The molecule has 1 aromatic heterocycles. The smallest absolute Gasteiger partial charge is 0.416 e. The number of carbonyl (C=O) groups is 3. The molecule has 1 atom stereocenters. The van der Waals surface area contributed by atoms with E-state index in [1.54, 1.807) is 0 Å². The van der Waals surface area contributed by atoms with Crippen LogP contribution in [0.25, 0.3) is 17.4 Å². The van der Waals surface area contributed by atoms with Crippen LogP contribution in [-0.4, -0.2) is 35.2 Å². The van der Waals surface area contributed by atoms with Gasteiger partial charge in [0, 0.05) is 11.6 Å². The summed E-state index contributed by atoms with van der Waals surface area (Å²) in [6.07, 6.45) is -3.19. The molecule has 0 N–H and O–H groups in total. The standard InChI is InChI=1S/C19H14F3NO5S/c1-10(17(25)27-2)23-16(24)15(29-18(23)26)9-13-6-7-14(28-13)11-4-3-5-12(8-11)19(20,21)22/h3-10H,1-2H3/b15-9+/t10-/m1/s1. The number of imide groups is 1. The number of furan rings is 1. The molecule has 1 saturated heterocycles. The van der Waals surface area contributed by atoms with Crippen LogP contribution >= 0.6 is 11.8 Å². The van der Waals surface area contributed by atoms with Crippen LogP contribution in [0.4, 0.5) is 18.0 Å². The largest absolute Gasteiger partial charge is 0.467 e. The lowest BCUT2D eigenvalue weighted by atomic mass is 10.1. The number of thioether (sulfide) groups is 1. The van der Waals surface area contributed by atoms with Gasteiger partial charge in [-0.3, -0.25) is 14.5 Å². The maximum Gasteiger partial charge on any atom is 0.416 e. The van der Waals surface area contributed by atoms with Crippen molar-refractivity contribution >= 4 is 35.0 Å². The van der Waals surface area contributed by atoms with Crippen LogP contribution in [0.3, 0.4) is 0 Å². The number of methoxy groups -OCH3 is 1. The molecular weight excluding hydrogens is 411 g/mol. The Morgan fingerprint density at radius 2 is 1.97 bits per heavy atom. The van der Waals surface area contributed by atoms with Crippen LogP contribution in [0.1, 0.15) is 18.2 Å². The summed E-state index contributed by atoms with van der Waals surface area (Å²) >= 11 is 0.626. The van der Waals surface area contributed by atoms with E-state index in [2.05, 4.69) is 4.74 Å². The molecule has 1 aliphatic heterocycles. The zero-order valence-corrected chi connectivity index (χ0v) is 16.0. The molecular formula is C19H14F3NO5S. The number of alkyl halides is 3. The fourth-order valence-electron chi connectivity index (χ4n) is 2.65. The molecule has 2 amide bonds. The van der Waals surface area contributed by atoms with Crippen molar-refractivity contribution in [3.8, 4) is 11.3 Å². The molecule has 29 heavy (non-hydrogen) atoms. The predicted molar refractivity (Wildman–Crippen MR) is 98.4 cm³/mol. The average Bonchev–Trinajstić information content (AvgIpc) is 3.25. The van der Waals surface area contributed by atoms with Gasteiger partial charge in [-0.1, -0.05) is 12.1 Å². The molecule has 6 nitrogen and oxygen atoms in total. The van der Waals surface area contributed by atoms with Crippen LogP contribution < -0.4 is 0 Å². The van der Waals surface area contributed by atoms with Gasteiger partial charge in [0.05, 0.1) is 17.6 Å². The summed E-state index contributed by atoms with van der Waals surface area (Å²) in [6.45, 7) is 1.36. The third-order valence-corrected chi connectivity index (χ3v) is 5.01. The van der Waals surface area contributed by atoms with Gasteiger partial charge in [-0.05, 0) is 43.0 Å². The van der Waals surface area contributed by atoms with Gasteiger partial charge in [-0.15, -0.1) is 0 Å². The second-order valence-corrected chi connectivity index (χ2v) is 7.02. The Morgan fingerprint density at radius 1 is 1.24 bits per heavy atom. The van der Waals surface area contributed by atoms with Crippen LogP contribution in [0.2, 0.25) is 0 Å². The Labute approximate surface area is 167 Å². The van der Waals surface area contributed by atoms with E-state index in [4.69, 9.17) is 4.42 Å². The Balaban J connectivity index is 1.85. The molecule has 1 fully saturated rings. The fourth-order valence-corrected chi connectivity index (χ4v) is 3.54. The third-order valence-electron chi connectivity index (χ3n) is 4.13. The topological polar surface area (TPSA) is 76.8 Å². The first kappa shape index (κ1) is 20.7. The highest BCUT2D eigenvalue weighted by molar-refractivity contribution is 8.18. The fraction of sp³-hybridized carbons (Fsp3) is 0.211. The second-order valence-electron chi connectivity index (χ2n) is 6.03. The van der Waals surface area contributed by atoms with Crippen molar-refractivity contribution in [1.29, 1.82) is 0 Å². The van der Waals surface area contributed by atoms with Crippen LogP contribution in [-0.2, 0) is 20.5 Å². The molecule has 2 heterocycles. The molecule has 2 aromatic rings. The predicted octanol–water partition coefficient (Wildman–Crippen LogP) is 4.56. The highest BCUT2D eigenvalue weighted by Crippen LogP contribution is 2.36. The van der Waals surface area contributed by atoms with Gasteiger partial charge < -0.3 is 9.15 Å². The van der Waals surface area contributed by atoms with Crippen LogP contribution in [0, 0.1) is 0 Å². The molecule has 10 heteroatoms. The van der Waals surface area contributed by atoms with Crippen molar-refractivity contribution < 1.29 is 36.7 Å². The summed E-state index contributed by atoms with van der Waals surface area (Å²) in [5.74, 6) is -1.08. The highest BCUT2D eigenvalue weighted by Gasteiger charge is 2.41. The monoisotopic (exact) mass is 425 g/mol. The van der Waals surface area contributed by atoms with E-state index in [9.17, 15) is 27.6 Å². The molecule has 1 aromatic carbocycles. The first-order valence-electron chi connectivity index (χ1n) is 8.24. The molecule has 0 saturated carbocycles. The molecule has 0 radical (unpaired) electrons. The van der Waals surface area contributed by atoms with Gasteiger partial charge in [-0.25, -0.2) is 4.79 Å². The number of ether oxygens (including phenoxy) is 1. The summed E-state index contributed by atoms with van der Waals surface area (Å²) in [5, 5.41) is -0.635. The molecule has 1 aliphatic rings. The van der Waals surface area contributed by atoms with Crippen LogP contribution in [0.5, 0.6) is 0 Å². The minimum atomic E-state index is -4.49. The maximum atomic E-state index is 12.9. The number of halogens is 3. The van der Waals surface area contributed by atoms with Gasteiger partial charge >= 0.3 is 12.1 Å². The van der Waals surface area contributed by atoms with Gasteiger partial charge in [0.25, 0.3) is 11.1 Å². The van der Waals surface area contributed by atoms with Crippen molar-refractivity contribution in [2.75, 3.05) is 7.11 Å². The number of nitrogens with zero attached hydrogens (tertiary/aromatic N) is 1. The zero-order chi connectivity index (χ0) is 21.3. The maximum absolute atomic E-state index is 12.9. The summed E-state index contributed by atoms with van der Waals surface area (Å²) < 4.78 is 48.7. The Hall–Kier alpha value is -3.01. The number of rotatable bonds is 4. The quantitative estimate of drug-likeness (QED) is 0.528. The number of amides is 2. The number of esters is 1. The first-order valence-corrected chi connectivity index (χ1v) is 9.06. The molecule has 0 bridgehead atoms. The SMILES string of the molecule is COC(=O)[C@@H](C)N1C(=O)S/C(=C/c2ccc(-c3cccc(C(F)(F)F)c3)o2)C1=O. The highest BCUT2D eigenvalue weighted by atomic mass is 32.2. The minimum absolute atomic E-state index is 0.0238. The van der Waals surface area contributed by atoms with E-state index in [0.29, 0.717) is 11.8 Å². The van der Waals surface area contributed by atoms with Crippen molar-refractivity contribution in [3.63, 3.8) is 0 Å². The van der Waals surface area contributed by atoms with Gasteiger partial charge in [0.2, 0.25) is 0 Å². The van der Waals surface area contributed by atoms with Gasteiger partial charge in [0.15, 0.2) is 0 Å². The number of hydrogen-bond donors (Lipinski definition) is 0. The summed E-state index contributed by atoms with van der Waals surface area (Å²) in [6, 6.07) is 6.47. The van der Waals surface area contributed by atoms with Crippen molar-refractivity contribution in [2.45, 2.75) is 19.1 Å². The first-order chi connectivity index (χ1) is 13.6. The molecule has 0 unspecified atom stereocenters. The number of benzene rings is 1. The van der Waals surface area contributed by atoms with Crippen molar-refractivity contribution in [1.82, 2.24) is 4.90 Å². The Kier molecular flexibility index (Phi) is 5.56. The molecule has 152 valence electrons. The van der Waals surface area contributed by atoms with Crippen molar-refractivity contribution in [3.05, 3.63) is 52.6 Å². The zero-order valence-electron chi connectivity index (χ0n) is 15.1. The Bertz CT molecular complexity index is 1010.